The zero-order valence-electron chi connectivity index (χ0n) is 15.2. The number of hydrogen-bond acceptors (Lipinski definition) is 4. The first kappa shape index (κ1) is 19.4. The Hall–Kier alpha value is -0.920. The fourth-order valence-electron chi connectivity index (χ4n) is 3.96. The summed E-state index contributed by atoms with van der Waals surface area (Å²) < 4.78 is 14.7. The molecule has 0 spiro atoms. The van der Waals surface area contributed by atoms with E-state index >= 15 is 0 Å². The first-order valence-corrected chi connectivity index (χ1v) is 11.0. The monoisotopic (exact) mass is 494 g/mol. The van der Waals surface area contributed by atoms with Gasteiger partial charge >= 0.3 is 0 Å². The molecule has 4 rings (SSSR count). The van der Waals surface area contributed by atoms with Crippen molar-refractivity contribution in [1.82, 2.24) is 10.2 Å². The van der Waals surface area contributed by atoms with Crippen LogP contribution in [0.3, 0.4) is 0 Å². The van der Waals surface area contributed by atoms with Gasteiger partial charge in [0, 0.05) is 47.1 Å². The van der Waals surface area contributed by atoms with E-state index in [0.717, 1.165) is 52.9 Å². The van der Waals surface area contributed by atoms with Crippen molar-refractivity contribution in [3.05, 3.63) is 62.5 Å². The Labute approximate surface area is 177 Å². The van der Waals surface area contributed by atoms with E-state index < -0.39 is 0 Å². The molecular weight excluding hydrogens is 472 g/mol. The van der Waals surface area contributed by atoms with Gasteiger partial charge in [-0.1, -0.05) is 50.1 Å². The van der Waals surface area contributed by atoms with Gasteiger partial charge in [0.1, 0.15) is 5.75 Å². The molecule has 2 heterocycles. The highest BCUT2D eigenvalue weighted by atomic mass is 79.9. The average Bonchev–Trinajstić information content (AvgIpc) is 2.85. The van der Waals surface area contributed by atoms with E-state index in [0.29, 0.717) is 13.2 Å². The molecule has 1 N–H and O–H groups in total. The molecule has 0 aromatic heterocycles. The highest BCUT2D eigenvalue weighted by molar-refractivity contribution is 9.11. The SMILES string of the molecule is Brc1cc(Br)cc(CO[C@@H]2CCOc3ccccc3[C@@H]2N2CCNCC2)c1. The summed E-state index contributed by atoms with van der Waals surface area (Å²) in [6.07, 6.45) is 0.989. The van der Waals surface area contributed by atoms with Crippen molar-refractivity contribution in [2.24, 2.45) is 0 Å². The predicted molar refractivity (Wildman–Crippen MR) is 114 cm³/mol. The van der Waals surface area contributed by atoms with Gasteiger partial charge in [0.15, 0.2) is 0 Å². The van der Waals surface area contributed by atoms with Crippen molar-refractivity contribution in [1.29, 1.82) is 0 Å². The van der Waals surface area contributed by atoms with Crippen LogP contribution in [0.5, 0.6) is 5.75 Å². The number of nitrogens with one attached hydrogen (secondary N) is 1. The average molecular weight is 496 g/mol. The first-order valence-electron chi connectivity index (χ1n) is 9.44. The van der Waals surface area contributed by atoms with Gasteiger partial charge in [0.05, 0.1) is 25.4 Å². The Morgan fingerprint density at radius 3 is 2.59 bits per heavy atom. The largest absolute Gasteiger partial charge is 0.493 e. The Kier molecular flexibility index (Phi) is 6.50. The van der Waals surface area contributed by atoms with Gasteiger partial charge in [-0.25, -0.2) is 0 Å². The second kappa shape index (κ2) is 9.05. The lowest BCUT2D eigenvalue weighted by atomic mass is 9.96. The number of fused-ring (bicyclic) bond motifs is 1. The van der Waals surface area contributed by atoms with Crippen LogP contribution in [-0.2, 0) is 11.3 Å². The molecule has 0 bridgehead atoms. The van der Waals surface area contributed by atoms with Crippen LogP contribution in [-0.4, -0.2) is 43.8 Å². The van der Waals surface area contributed by atoms with Crippen LogP contribution >= 0.6 is 31.9 Å². The van der Waals surface area contributed by atoms with Crippen LogP contribution in [0.25, 0.3) is 0 Å². The van der Waals surface area contributed by atoms with E-state index in [2.05, 4.69) is 72.4 Å². The number of benzene rings is 2. The molecule has 2 aliphatic rings. The summed E-state index contributed by atoms with van der Waals surface area (Å²) in [7, 11) is 0. The molecule has 0 aliphatic carbocycles. The number of rotatable bonds is 4. The van der Waals surface area contributed by atoms with Gasteiger partial charge in [-0.3, -0.25) is 4.90 Å². The van der Waals surface area contributed by atoms with Crippen LogP contribution in [0.2, 0.25) is 0 Å². The topological polar surface area (TPSA) is 33.7 Å². The maximum absolute atomic E-state index is 6.50. The fraction of sp³-hybridized carbons (Fsp3) is 0.429. The summed E-state index contributed by atoms with van der Waals surface area (Å²) in [5.74, 6) is 0.998. The molecule has 27 heavy (non-hydrogen) atoms. The molecule has 2 atom stereocenters. The first-order chi connectivity index (χ1) is 13.2. The van der Waals surface area contributed by atoms with Gasteiger partial charge in [-0.05, 0) is 29.8 Å². The highest BCUT2D eigenvalue weighted by Crippen LogP contribution is 2.37. The minimum Gasteiger partial charge on any atom is -0.493 e. The Balaban J connectivity index is 1.58. The highest BCUT2D eigenvalue weighted by Gasteiger charge is 2.34. The van der Waals surface area contributed by atoms with E-state index in [1.165, 1.54) is 5.56 Å². The molecule has 0 unspecified atom stereocenters. The lowest BCUT2D eigenvalue weighted by Gasteiger charge is -2.38. The zero-order valence-corrected chi connectivity index (χ0v) is 18.3. The van der Waals surface area contributed by atoms with Crippen molar-refractivity contribution < 1.29 is 9.47 Å². The number of ether oxygens (including phenoxy) is 2. The third-order valence-corrected chi connectivity index (χ3v) is 6.10. The summed E-state index contributed by atoms with van der Waals surface area (Å²) in [5.41, 5.74) is 2.41. The predicted octanol–water partition coefficient (Wildman–Crippen LogP) is 4.53. The maximum atomic E-state index is 6.50. The van der Waals surface area contributed by atoms with Crippen LogP contribution in [0.15, 0.2) is 51.4 Å². The van der Waals surface area contributed by atoms with Gasteiger partial charge in [0.25, 0.3) is 0 Å². The molecule has 6 heteroatoms. The van der Waals surface area contributed by atoms with Crippen LogP contribution in [0.4, 0.5) is 0 Å². The van der Waals surface area contributed by atoms with E-state index in [1.54, 1.807) is 0 Å². The van der Waals surface area contributed by atoms with Crippen molar-refractivity contribution in [3.63, 3.8) is 0 Å². The second-order valence-electron chi connectivity index (χ2n) is 7.03. The van der Waals surface area contributed by atoms with Gasteiger partial charge in [0.2, 0.25) is 0 Å². The summed E-state index contributed by atoms with van der Waals surface area (Å²) in [5, 5.41) is 3.45. The molecule has 0 radical (unpaired) electrons. The smallest absolute Gasteiger partial charge is 0.124 e. The molecule has 2 aromatic carbocycles. The summed E-state index contributed by atoms with van der Waals surface area (Å²) in [4.78, 5) is 2.55. The molecule has 1 fully saturated rings. The number of para-hydroxylation sites is 1. The van der Waals surface area contributed by atoms with Crippen molar-refractivity contribution in [2.75, 3.05) is 32.8 Å². The maximum Gasteiger partial charge on any atom is 0.124 e. The second-order valence-corrected chi connectivity index (χ2v) is 8.86. The van der Waals surface area contributed by atoms with Gasteiger partial charge in [-0.15, -0.1) is 0 Å². The summed E-state index contributed by atoms with van der Waals surface area (Å²) in [6.45, 7) is 5.37. The quantitative estimate of drug-likeness (QED) is 0.675. The number of hydrogen-bond donors (Lipinski definition) is 1. The number of piperazine rings is 1. The van der Waals surface area contributed by atoms with E-state index in [1.807, 2.05) is 12.1 Å². The Morgan fingerprint density at radius 2 is 1.81 bits per heavy atom. The van der Waals surface area contributed by atoms with E-state index in [-0.39, 0.29) is 12.1 Å². The van der Waals surface area contributed by atoms with Gasteiger partial charge in [-0.2, -0.15) is 0 Å². The Morgan fingerprint density at radius 1 is 1.07 bits per heavy atom. The summed E-state index contributed by atoms with van der Waals surface area (Å²) in [6, 6.07) is 14.9. The molecule has 2 aromatic rings. The van der Waals surface area contributed by atoms with E-state index in [4.69, 9.17) is 9.47 Å². The molecule has 0 saturated carbocycles. The summed E-state index contributed by atoms with van der Waals surface area (Å²) >= 11 is 7.13. The molecule has 144 valence electrons. The lowest BCUT2D eigenvalue weighted by Crippen LogP contribution is -2.48. The normalized spacial score (nSPS) is 23.3. The third-order valence-electron chi connectivity index (χ3n) is 5.18. The van der Waals surface area contributed by atoms with Crippen LogP contribution in [0, 0.1) is 0 Å². The molecular formula is C21H24Br2N2O2. The Bertz CT molecular complexity index is 760. The van der Waals surface area contributed by atoms with Crippen molar-refractivity contribution >= 4 is 31.9 Å². The lowest BCUT2D eigenvalue weighted by molar-refractivity contribution is -0.0331. The number of halogens is 2. The molecule has 1 saturated heterocycles. The zero-order chi connectivity index (χ0) is 18.6. The third kappa shape index (κ3) is 4.74. The fourth-order valence-corrected chi connectivity index (χ4v) is 5.35. The number of nitrogens with zero attached hydrogens (tertiary/aromatic N) is 1. The van der Waals surface area contributed by atoms with Gasteiger partial charge < -0.3 is 14.8 Å². The molecule has 0 amide bonds. The minimum absolute atomic E-state index is 0.101. The molecule has 2 aliphatic heterocycles. The molecule has 4 nitrogen and oxygen atoms in total. The van der Waals surface area contributed by atoms with Crippen molar-refractivity contribution in [3.8, 4) is 5.75 Å². The van der Waals surface area contributed by atoms with E-state index in [9.17, 15) is 0 Å². The standard InChI is InChI=1S/C21H24Br2N2O2/c22-16-11-15(12-17(23)13-16)14-27-20-5-10-26-19-4-2-1-3-18(19)21(20)25-8-6-24-7-9-25/h1-4,11-13,20-21,24H,5-10,14H2/t20-,21+/m1/s1. The van der Waals surface area contributed by atoms with Crippen molar-refractivity contribution in [2.45, 2.75) is 25.2 Å². The minimum atomic E-state index is 0.101. The van der Waals surface area contributed by atoms with Crippen LogP contribution < -0.4 is 10.1 Å². The van der Waals surface area contributed by atoms with Crippen LogP contribution in [0.1, 0.15) is 23.6 Å².